The molecule has 8 nitrogen and oxygen atoms in total. The van der Waals surface area contributed by atoms with E-state index in [0.29, 0.717) is 24.2 Å². The third kappa shape index (κ3) is 3.83. The summed E-state index contributed by atoms with van der Waals surface area (Å²) in [6, 6.07) is 6.24. The van der Waals surface area contributed by atoms with Crippen LogP contribution in [0.15, 0.2) is 52.2 Å². The van der Waals surface area contributed by atoms with Crippen LogP contribution in [0.3, 0.4) is 0 Å². The van der Waals surface area contributed by atoms with Crippen molar-refractivity contribution in [3.05, 3.63) is 53.5 Å². The number of nitrogens with zero attached hydrogens (tertiary/aromatic N) is 4. The predicted octanol–water partition coefficient (Wildman–Crippen LogP) is 1.80. The lowest BCUT2D eigenvalue weighted by Gasteiger charge is -2.18. The third-order valence-corrected chi connectivity index (χ3v) is 6.12. The first-order valence-electron chi connectivity index (χ1n) is 8.47. The van der Waals surface area contributed by atoms with Crippen molar-refractivity contribution < 1.29 is 17.9 Å². The van der Waals surface area contributed by atoms with Crippen LogP contribution in [0.1, 0.15) is 25.0 Å². The number of rotatable bonds is 6. The number of aromatic nitrogens is 2. The average molecular weight is 388 g/mol. The molecule has 1 aliphatic heterocycles. The molecule has 9 heteroatoms. The SMILES string of the molecule is CCN(CC)S(=O)(=O)c1cccc(C2=N/C(=C/c3cnn(C)c3)C(=O)O2)c1. The van der Waals surface area contributed by atoms with Gasteiger partial charge in [0.1, 0.15) is 0 Å². The number of hydrogen-bond acceptors (Lipinski definition) is 6. The first kappa shape index (κ1) is 19.0. The second-order valence-electron chi connectivity index (χ2n) is 5.90. The summed E-state index contributed by atoms with van der Waals surface area (Å²) in [6.07, 6.45) is 4.91. The number of ether oxygens (including phenoxy) is 1. The molecule has 142 valence electrons. The topological polar surface area (TPSA) is 93.9 Å². The quantitative estimate of drug-likeness (QED) is 0.556. The fourth-order valence-corrected chi connectivity index (χ4v) is 4.21. The Morgan fingerprint density at radius 3 is 2.63 bits per heavy atom. The minimum absolute atomic E-state index is 0.0757. The Hall–Kier alpha value is -2.78. The standard InChI is InChI=1S/C18H20N4O4S/c1-4-22(5-2)27(24,25)15-8-6-7-14(10-15)17-20-16(18(23)26-17)9-13-11-19-21(3)12-13/h6-12H,4-5H2,1-3H3/b16-9+. The number of cyclic esters (lactones) is 1. The lowest BCUT2D eigenvalue weighted by Crippen LogP contribution is -2.30. The van der Waals surface area contributed by atoms with Crippen LogP contribution < -0.4 is 0 Å². The number of sulfonamides is 1. The van der Waals surface area contributed by atoms with Crippen LogP contribution in [0.2, 0.25) is 0 Å². The molecule has 0 amide bonds. The van der Waals surface area contributed by atoms with Crippen LogP contribution in [-0.4, -0.2) is 47.5 Å². The summed E-state index contributed by atoms with van der Waals surface area (Å²) in [5.74, 6) is -0.516. The van der Waals surface area contributed by atoms with Gasteiger partial charge in [0.15, 0.2) is 5.70 Å². The third-order valence-electron chi connectivity index (χ3n) is 4.07. The van der Waals surface area contributed by atoms with Gasteiger partial charge in [-0.25, -0.2) is 18.2 Å². The van der Waals surface area contributed by atoms with E-state index in [9.17, 15) is 13.2 Å². The summed E-state index contributed by atoms with van der Waals surface area (Å²) < 4.78 is 33.6. The molecule has 0 saturated heterocycles. The van der Waals surface area contributed by atoms with Crippen molar-refractivity contribution in [2.75, 3.05) is 13.1 Å². The van der Waals surface area contributed by atoms with E-state index in [2.05, 4.69) is 10.1 Å². The van der Waals surface area contributed by atoms with Crippen molar-refractivity contribution in [3.63, 3.8) is 0 Å². The van der Waals surface area contributed by atoms with E-state index in [4.69, 9.17) is 4.74 Å². The Kier molecular flexibility index (Phi) is 5.24. The largest absolute Gasteiger partial charge is 0.402 e. The second kappa shape index (κ2) is 7.45. The molecule has 0 bridgehead atoms. The van der Waals surface area contributed by atoms with Crippen molar-refractivity contribution in [1.29, 1.82) is 0 Å². The van der Waals surface area contributed by atoms with E-state index in [1.165, 1.54) is 16.4 Å². The summed E-state index contributed by atoms with van der Waals surface area (Å²) in [6.45, 7) is 4.31. The fraction of sp³-hybridized carbons (Fsp3) is 0.278. The van der Waals surface area contributed by atoms with Crippen LogP contribution in [0.4, 0.5) is 0 Å². The molecule has 0 unspecified atom stereocenters. The maximum absolute atomic E-state index is 12.7. The Labute approximate surface area is 157 Å². The van der Waals surface area contributed by atoms with Crippen molar-refractivity contribution in [3.8, 4) is 0 Å². The first-order chi connectivity index (χ1) is 12.8. The molecule has 0 radical (unpaired) electrons. The molecule has 0 saturated carbocycles. The van der Waals surface area contributed by atoms with Crippen molar-refractivity contribution in [2.45, 2.75) is 18.7 Å². The molecular weight excluding hydrogens is 368 g/mol. The first-order valence-corrected chi connectivity index (χ1v) is 9.91. The molecule has 0 fully saturated rings. The van der Waals surface area contributed by atoms with Crippen LogP contribution in [-0.2, 0) is 26.6 Å². The Bertz CT molecular complexity index is 1030. The number of benzene rings is 1. The number of esters is 1. The van der Waals surface area contributed by atoms with Crippen LogP contribution in [0.25, 0.3) is 6.08 Å². The minimum atomic E-state index is -3.61. The number of carbonyl (C=O) groups excluding carboxylic acids is 1. The molecule has 0 atom stereocenters. The highest BCUT2D eigenvalue weighted by Crippen LogP contribution is 2.22. The van der Waals surface area contributed by atoms with Gasteiger partial charge in [-0.2, -0.15) is 9.40 Å². The molecule has 2 heterocycles. The van der Waals surface area contributed by atoms with Crippen LogP contribution >= 0.6 is 0 Å². The molecule has 1 aromatic heterocycles. The zero-order valence-corrected chi connectivity index (χ0v) is 16.1. The van der Waals surface area contributed by atoms with Gasteiger partial charge >= 0.3 is 5.97 Å². The minimum Gasteiger partial charge on any atom is -0.402 e. The summed E-state index contributed by atoms with van der Waals surface area (Å²) in [7, 11) is -1.84. The lowest BCUT2D eigenvalue weighted by atomic mass is 10.2. The van der Waals surface area contributed by atoms with E-state index in [1.807, 2.05) is 0 Å². The van der Waals surface area contributed by atoms with Gasteiger partial charge < -0.3 is 4.74 Å². The zero-order chi connectivity index (χ0) is 19.6. The van der Waals surface area contributed by atoms with E-state index < -0.39 is 16.0 Å². The van der Waals surface area contributed by atoms with Gasteiger partial charge in [0.25, 0.3) is 0 Å². The molecule has 1 aliphatic rings. The highest BCUT2D eigenvalue weighted by Gasteiger charge is 2.27. The summed E-state index contributed by atoms with van der Waals surface area (Å²) in [4.78, 5) is 16.4. The molecule has 2 aromatic rings. The lowest BCUT2D eigenvalue weighted by molar-refractivity contribution is -0.129. The normalized spacial score (nSPS) is 16.1. The number of aliphatic imine (C=N–C) groups is 1. The van der Waals surface area contributed by atoms with E-state index in [0.717, 1.165) is 0 Å². The van der Waals surface area contributed by atoms with Gasteiger partial charge in [-0.1, -0.05) is 19.9 Å². The molecule has 3 rings (SSSR count). The molecule has 27 heavy (non-hydrogen) atoms. The second-order valence-corrected chi connectivity index (χ2v) is 7.84. The summed E-state index contributed by atoms with van der Waals surface area (Å²) in [5.41, 5.74) is 1.27. The van der Waals surface area contributed by atoms with Gasteiger partial charge in [0.2, 0.25) is 15.9 Å². The van der Waals surface area contributed by atoms with Gasteiger partial charge in [0, 0.05) is 37.5 Å². The monoisotopic (exact) mass is 388 g/mol. The zero-order valence-electron chi connectivity index (χ0n) is 15.3. The Morgan fingerprint density at radius 2 is 2.00 bits per heavy atom. The predicted molar refractivity (Wildman–Crippen MR) is 100 cm³/mol. The smallest absolute Gasteiger partial charge is 0.363 e. The summed E-state index contributed by atoms with van der Waals surface area (Å²) in [5, 5.41) is 4.03. The van der Waals surface area contributed by atoms with Crippen LogP contribution in [0.5, 0.6) is 0 Å². The van der Waals surface area contributed by atoms with Crippen molar-refractivity contribution in [1.82, 2.24) is 14.1 Å². The maximum atomic E-state index is 12.7. The highest BCUT2D eigenvalue weighted by atomic mass is 32.2. The average Bonchev–Trinajstić information content (AvgIpc) is 3.22. The molecule has 0 aliphatic carbocycles. The molecular formula is C18H20N4O4S. The van der Waals surface area contributed by atoms with Gasteiger partial charge in [0.05, 0.1) is 11.1 Å². The van der Waals surface area contributed by atoms with Gasteiger partial charge in [-0.15, -0.1) is 0 Å². The molecule has 1 aromatic carbocycles. The number of carbonyl (C=O) groups is 1. The maximum Gasteiger partial charge on any atom is 0.363 e. The molecule has 0 spiro atoms. The highest BCUT2D eigenvalue weighted by molar-refractivity contribution is 7.89. The van der Waals surface area contributed by atoms with E-state index in [1.54, 1.807) is 56.2 Å². The fourth-order valence-electron chi connectivity index (χ4n) is 2.71. The van der Waals surface area contributed by atoms with Crippen molar-refractivity contribution >= 4 is 28.0 Å². The van der Waals surface area contributed by atoms with Crippen molar-refractivity contribution in [2.24, 2.45) is 12.0 Å². The van der Waals surface area contributed by atoms with E-state index in [-0.39, 0.29) is 16.5 Å². The number of hydrogen-bond donors (Lipinski definition) is 0. The van der Waals surface area contributed by atoms with Crippen LogP contribution in [0, 0.1) is 0 Å². The Balaban J connectivity index is 1.95. The van der Waals surface area contributed by atoms with Gasteiger partial charge in [-0.05, 0) is 24.3 Å². The number of aryl methyl sites for hydroxylation is 1. The Morgan fingerprint density at radius 1 is 1.26 bits per heavy atom. The van der Waals surface area contributed by atoms with E-state index >= 15 is 0 Å². The molecule has 0 N–H and O–H groups in total. The van der Waals surface area contributed by atoms with Gasteiger partial charge in [-0.3, -0.25) is 4.68 Å². The summed E-state index contributed by atoms with van der Waals surface area (Å²) >= 11 is 0.